The lowest BCUT2D eigenvalue weighted by Crippen LogP contribution is -2.35. The maximum absolute atomic E-state index is 12.9. The number of rotatable bonds is 9. The highest BCUT2D eigenvalue weighted by Gasteiger charge is 2.39. The molecule has 0 aliphatic carbocycles. The minimum atomic E-state index is -1.15. The molecule has 9 nitrogen and oxygen atoms in total. The lowest BCUT2D eigenvalue weighted by Gasteiger charge is -2.14. The Morgan fingerprint density at radius 3 is 2.72 bits per heavy atom. The summed E-state index contributed by atoms with van der Waals surface area (Å²) >= 11 is 1.11. The summed E-state index contributed by atoms with van der Waals surface area (Å²) in [6.45, 7) is 1.54. The van der Waals surface area contributed by atoms with Gasteiger partial charge in [-0.05, 0) is 30.2 Å². The zero-order valence-corrected chi connectivity index (χ0v) is 18.1. The number of carbonyl (C=O) groups excluding carboxylic acids is 2. The van der Waals surface area contributed by atoms with Gasteiger partial charge >= 0.3 is 5.97 Å². The van der Waals surface area contributed by atoms with Crippen LogP contribution >= 0.6 is 11.8 Å². The predicted octanol–water partition coefficient (Wildman–Crippen LogP) is 2.76. The van der Waals surface area contributed by atoms with Crippen molar-refractivity contribution in [3.05, 3.63) is 65.6 Å². The van der Waals surface area contributed by atoms with E-state index in [1.54, 1.807) is 18.3 Å². The molecule has 0 radical (unpaired) electrons. The third kappa shape index (κ3) is 6.67. The maximum Gasteiger partial charge on any atom is 0.322 e. The minimum Gasteiger partial charge on any atom is -0.480 e. The molecule has 1 fully saturated rings. The molecule has 2 amide bonds. The first-order chi connectivity index (χ1) is 15.4. The number of carboxylic acid groups (broad SMARTS) is 1. The van der Waals surface area contributed by atoms with Crippen LogP contribution in [0.25, 0.3) is 6.08 Å². The number of carboxylic acids is 1. The molecule has 1 saturated heterocycles. The fourth-order valence-corrected chi connectivity index (χ4v) is 3.95. The largest absolute Gasteiger partial charge is 0.480 e. The highest BCUT2D eigenvalue weighted by molar-refractivity contribution is 8.15. The number of carbonyl (C=O) groups is 3. The third-order valence-electron chi connectivity index (χ3n) is 4.32. The number of aliphatic carboxylic acids is 1. The third-order valence-corrected chi connectivity index (χ3v) is 5.49. The van der Waals surface area contributed by atoms with Gasteiger partial charge < -0.3 is 14.8 Å². The number of nitrogens with one attached hydrogen (secondary N) is 1. The van der Waals surface area contributed by atoms with Crippen molar-refractivity contribution in [2.24, 2.45) is 10.2 Å². The number of allylic oxidation sites excluding steroid dienone is 1. The number of benzene rings is 1. The van der Waals surface area contributed by atoms with Crippen LogP contribution in [0.1, 0.15) is 24.7 Å². The van der Waals surface area contributed by atoms with Gasteiger partial charge in [-0.15, -0.1) is 5.10 Å². The zero-order valence-electron chi connectivity index (χ0n) is 17.3. The van der Waals surface area contributed by atoms with Gasteiger partial charge in [0.1, 0.15) is 17.6 Å². The van der Waals surface area contributed by atoms with E-state index in [9.17, 15) is 14.4 Å². The van der Waals surface area contributed by atoms with Crippen LogP contribution in [0.15, 0.2) is 68.9 Å². The van der Waals surface area contributed by atoms with Crippen molar-refractivity contribution in [3.8, 4) is 0 Å². The Hall–Kier alpha value is -3.66. The van der Waals surface area contributed by atoms with E-state index in [1.807, 2.05) is 43.3 Å². The van der Waals surface area contributed by atoms with E-state index in [1.165, 1.54) is 11.2 Å². The Labute approximate surface area is 188 Å². The lowest BCUT2D eigenvalue weighted by atomic mass is 10.1. The number of furan rings is 1. The molecule has 1 aromatic heterocycles. The number of amidine groups is 1. The summed E-state index contributed by atoms with van der Waals surface area (Å²) < 4.78 is 5.33. The monoisotopic (exact) mass is 454 g/mol. The minimum absolute atomic E-state index is 0.152. The molecule has 0 bridgehead atoms. The van der Waals surface area contributed by atoms with E-state index >= 15 is 0 Å². The summed E-state index contributed by atoms with van der Waals surface area (Å²) in [6.07, 6.45) is 4.88. The van der Waals surface area contributed by atoms with Crippen LogP contribution in [0.3, 0.4) is 0 Å². The fourth-order valence-electron chi connectivity index (χ4n) is 2.85. The Kier molecular flexibility index (Phi) is 7.98. The summed E-state index contributed by atoms with van der Waals surface area (Å²) in [7, 11) is 0. The van der Waals surface area contributed by atoms with Crippen LogP contribution in [0, 0.1) is 0 Å². The number of nitrogens with zero attached hydrogens (tertiary/aromatic N) is 3. The molecule has 1 aliphatic heterocycles. The number of hydrogen-bond acceptors (Lipinski definition) is 7. The van der Waals surface area contributed by atoms with Crippen LogP contribution in [0.4, 0.5) is 0 Å². The lowest BCUT2D eigenvalue weighted by molar-refractivity contribution is -0.138. The Balaban J connectivity index is 1.73. The normalized spacial score (nSPS) is 18.0. The highest BCUT2D eigenvalue weighted by Crippen LogP contribution is 2.31. The molecule has 1 unspecified atom stereocenters. The summed E-state index contributed by atoms with van der Waals surface area (Å²) in [5, 5.41) is 18.9. The molecule has 166 valence electrons. The fraction of sp³-hybridized carbons (Fsp3) is 0.227. The molecular weight excluding hydrogens is 432 g/mol. The first kappa shape index (κ1) is 23.0. The SMILES string of the molecule is CC(C=NN=C1SC(CC(=O)NCC(=O)O)C(=O)N1Cc1ccco1)=Cc1ccccc1. The quantitative estimate of drug-likeness (QED) is 0.443. The Bertz CT molecular complexity index is 1050. The second-order valence-electron chi connectivity index (χ2n) is 6.91. The summed E-state index contributed by atoms with van der Waals surface area (Å²) in [5.41, 5.74) is 1.90. The first-order valence-corrected chi connectivity index (χ1v) is 10.6. The molecule has 1 aromatic carbocycles. The van der Waals surface area contributed by atoms with Crippen LogP contribution in [-0.4, -0.2) is 51.0 Å². The maximum atomic E-state index is 12.9. The molecule has 10 heteroatoms. The van der Waals surface area contributed by atoms with E-state index < -0.39 is 23.7 Å². The van der Waals surface area contributed by atoms with Gasteiger partial charge in [-0.1, -0.05) is 48.2 Å². The topological polar surface area (TPSA) is 125 Å². The summed E-state index contributed by atoms with van der Waals surface area (Å²) in [5.74, 6) is -1.43. The van der Waals surface area contributed by atoms with Crippen molar-refractivity contribution < 1.29 is 23.9 Å². The van der Waals surface area contributed by atoms with Crippen molar-refractivity contribution in [1.29, 1.82) is 0 Å². The molecule has 0 saturated carbocycles. The average molecular weight is 455 g/mol. The number of hydrogen-bond donors (Lipinski definition) is 2. The van der Waals surface area contributed by atoms with E-state index in [0.29, 0.717) is 10.9 Å². The molecule has 2 N–H and O–H groups in total. The molecule has 32 heavy (non-hydrogen) atoms. The van der Waals surface area contributed by atoms with E-state index in [2.05, 4.69) is 15.5 Å². The van der Waals surface area contributed by atoms with Gasteiger partial charge in [0.25, 0.3) is 0 Å². The second kappa shape index (κ2) is 11.1. The smallest absolute Gasteiger partial charge is 0.322 e. The molecule has 1 atom stereocenters. The highest BCUT2D eigenvalue weighted by atomic mass is 32.2. The first-order valence-electron chi connectivity index (χ1n) is 9.75. The molecule has 2 heterocycles. The van der Waals surface area contributed by atoms with Crippen molar-refractivity contribution in [2.75, 3.05) is 6.54 Å². The van der Waals surface area contributed by atoms with Crippen LogP contribution < -0.4 is 5.32 Å². The predicted molar refractivity (Wildman–Crippen MR) is 122 cm³/mol. The van der Waals surface area contributed by atoms with Gasteiger partial charge in [-0.3, -0.25) is 19.3 Å². The average Bonchev–Trinajstić information content (AvgIpc) is 3.37. The van der Waals surface area contributed by atoms with Crippen molar-refractivity contribution in [1.82, 2.24) is 10.2 Å². The van der Waals surface area contributed by atoms with Crippen LogP contribution in [0.2, 0.25) is 0 Å². The van der Waals surface area contributed by atoms with Gasteiger partial charge in [0.05, 0.1) is 19.0 Å². The van der Waals surface area contributed by atoms with Gasteiger partial charge in [0.15, 0.2) is 5.17 Å². The number of thioether (sulfide) groups is 1. The molecular formula is C22H22N4O5S. The van der Waals surface area contributed by atoms with Crippen molar-refractivity contribution >= 4 is 47.0 Å². The van der Waals surface area contributed by atoms with E-state index in [-0.39, 0.29) is 18.9 Å². The van der Waals surface area contributed by atoms with E-state index in [0.717, 1.165) is 22.9 Å². The molecule has 0 spiro atoms. The second-order valence-corrected chi connectivity index (χ2v) is 8.08. The van der Waals surface area contributed by atoms with E-state index in [4.69, 9.17) is 9.52 Å². The summed E-state index contributed by atoms with van der Waals surface area (Å²) in [4.78, 5) is 36.9. The standard InChI is InChI=1S/C22H22N4O5S/c1-15(10-16-6-3-2-4-7-16)12-24-25-22-26(14-17-8-5-9-31-17)21(30)18(32-22)11-19(27)23-13-20(28)29/h2-10,12,18H,11,13-14H2,1H3,(H,23,27)(H,28,29). The van der Waals surface area contributed by atoms with Gasteiger partial charge in [0, 0.05) is 6.42 Å². The Morgan fingerprint density at radius 1 is 1.25 bits per heavy atom. The Morgan fingerprint density at radius 2 is 2.03 bits per heavy atom. The van der Waals surface area contributed by atoms with Crippen LogP contribution in [0.5, 0.6) is 0 Å². The van der Waals surface area contributed by atoms with Crippen molar-refractivity contribution in [3.63, 3.8) is 0 Å². The molecule has 2 aromatic rings. The van der Waals surface area contributed by atoms with Gasteiger partial charge in [0.2, 0.25) is 11.8 Å². The van der Waals surface area contributed by atoms with Gasteiger partial charge in [-0.25, -0.2) is 0 Å². The zero-order chi connectivity index (χ0) is 22.9. The molecule has 3 rings (SSSR count). The summed E-state index contributed by atoms with van der Waals surface area (Å²) in [6, 6.07) is 13.2. The van der Waals surface area contributed by atoms with Crippen LogP contribution in [-0.2, 0) is 20.9 Å². The number of amides is 2. The van der Waals surface area contributed by atoms with Crippen molar-refractivity contribution in [2.45, 2.75) is 25.1 Å². The molecule has 1 aliphatic rings. The van der Waals surface area contributed by atoms with Gasteiger partial charge in [-0.2, -0.15) is 5.10 Å².